The molecule has 2 aromatic rings. The summed E-state index contributed by atoms with van der Waals surface area (Å²) in [4.78, 5) is 2.71. The van der Waals surface area contributed by atoms with E-state index in [1.165, 1.54) is 29.5 Å². The van der Waals surface area contributed by atoms with Crippen molar-refractivity contribution in [1.29, 1.82) is 0 Å². The van der Waals surface area contributed by atoms with Gasteiger partial charge in [-0.05, 0) is 49.3 Å². The summed E-state index contributed by atoms with van der Waals surface area (Å²) in [5.74, 6) is 1.22. The highest BCUT2D eigenvalue weighted by molar-refractivity contribution is 5.17. The number of hydrogen-bond acceptors (Lipinski definition) is 2. The predicted octanol–water partition coefficient (Wildman–Crippen LogP) is 5.66. The van der Waals surface area contributed by atoms with Crippen molar-refractivity contribution in [2.24, 2.45) is 11.8 Å². The topological polar surface area (TPSA) is 15.3 Å². The lowest BCUT2D eigenvalue weighted by Crippen LogP contribution is -2.58. The van der Waals surface area contributed by atoms with Gasteiger partial charge in [-0.1, -0.05) is 86.7 Å². The molecule has 1 N–H and O–H groups in total. The second kappa shape index (κ2) is 10.0. The summed E-state index contributed by atoms with van der Waals surface area (Å²) >= 11 is 0. The third kappa shape index (κ3) is 5.56. The molecule has 0 unspecified atom stereocenters. The molecule has 2 nitrogen and oxygen atoms in total. The summed E-state index contributed by atoms with van der Waals surface area (Å²) in [6, 6.07) is 22.6. The van der Waals surface area contributed by atoms with Crippen molar-refractivity contribution in [2.45, 2.75) is 58.8 Å². The van der Waals surface area contributed by atoms with Gasteiger partial charge < -0.3 is 5.32 Å². The SMILES string of the molecule is C=C(C)[C@@H]1CCN(Cc2ccccc2)[C@H](CC(C)C)[C@@H]1NCc1ccccc1. The van der Waals surface area contributed by atoms with Crippen LogP contribution in [0, 0.1) is 11.8 Å². The number of likely N-dealkylation sites (tertiary alicyclic amines) is 1. The Labute approximate surface area is 171 Å². The van der Waals surface area contributed by atoms with Crippen LogP contribution >= 0.6 is 0 Å². The van der Waals surface area contributed by atoms with Gasteiger partial charge in [0, 0.05) is 25.2 Å². The van der Waals surface area contributed by atoms with Crippen molar-refractivity contribution < 1.29 is 0 Å². The molecule has 1 aliphatic rings. The third-order valence-electron chi connectivity index (χ3n) is 6.00. The molecule has 2 aromatic carbocycles. The maximum atomic E-state index is 4.35. The number of nitrogens with one attached hydrogen (secondary N) is 1. The molecule has 0 aromatic heterocycles. The Morgan fingerprint density at radius 3 is 2.21 bits per heavy atom. The standard InChI is InChI=1S/C26H36N2/c1-20(2)17-25-26(27-18-22-11-7-5-8-12-22)24(21(3)4)15-16-28(25)19-23-13-9-6-10-14-23/h5-14,20,24-27H,3,15-19H2,1-2,4H3/t24-,25+,26+/m0/s1. The first kappa shape index (κ1) is 20.8. The van der Waals surface area contributed by atoms with Crippen molar-refractivity contribution in [3.05, 3.63) is 83.9 Å². The summed E-state index contributed by atoms with van der Waals surface area (Å²) in [6.07, 6.45) is 2.40. The van der Waals surface area contributed by atoms with Crippen LogP contribution in [0.25, 0.3) is 0 Å². The summed E-state index contributed by atoms with van der Waals surface area (Å²) < 4.78 is 0. The van der Waals surface area contributed by atoms with Crippen LogP contribution in [0.1, 0.15) is 44.7 Å². The fraction of sp³-hybridized carbons (Fsp3) is 0.462. The zero-order chi connectivity index (χ0) is 19.9. The first-order valence-corrected chi connectivity index (χ1v) is 10.7. The van der Waals surface area contributed by atoms with E-state index in [9.17, 15) is 0 Å². The molecule has 3 atom stereocenters. The number of rotatable bonds is 8. The fourth-order valence-electron chi connectivity index (χ4n) is 4.60. The van der Waals surface area contributed by atoms with Gasteiger partial charge in [0.15, 0.2) is 0 Å². The molecule has 28 heavy (non-hydrogen) atoms. The van der Waals surface area contributed by atoms with Gasteiger partial charge in [0.25, 0.3) is 0 Å². The van der Waals surface area contributed by atoms with Gasteiger partial charge in [0.1, 0.15) is 0 Å². The molecular weight excluding hydrogens is 340 g/mol. The first-order valence-electron chi connectivity index (χ1n) is 10.7. The lowest BCUT2D eigenvalue weighted by atomic mass is 9.78. The second-order valence-electron chi connectivity index (χ2n) is 8.79. The van der Waals surface area contributed by atoms with Crippen molar-refractivity contribution in [3.8, 4) is 0 Å². The van der Waals surface area contributed by atoms with E-state index in [-0.39, 0.29) is 0 Å². The van der Waals surface area contributed by atoms with Gasteiger partial charge in [-0.2, -0.15) is 0 Å². The third-order valence-corrected chi connectivity index (χ3v) is 6.00. The van der Waals surface area contributed by atoms with Crippen LogP contribution in [-0.4, -0.2) is 23.5 Å². The maximum absolute atomic E-state index is 4.35. The van der Waals surface area contributed by atoms with E-state index >= 15 is 0 Å². The zero-order valence-corrected chi connectivity index (χ0v) is 17.8. The minimum absolute atomic E-state index is 0.442. The smallest absolute Gasteiger partial charge is 0.0292 e. The fourth-order valence-corrected chi connectivity index (χ4v) is 4.60. The van der Waals surface area contributed by atoms with Gasteiger partial charge >= 0.3 is 0 Å². The monoisotopic (exact) mass is 376 g/mol. The van der Waals surface area contributed by atoms with Crippen LogP contribution in [0.4, 0.5) is 0 Å². The molecule has 150 valence electrons. The minimum Gasteiger partial charge on any atom is -0.308 e. The molecule has 1 aliphatic heterocycles. The molecule has 1 fully saturated rings. The highest BCUT2D eigenvalue weighted by atomic mass is 15.2. The summed E-state index contributed by atoms with van der Waals surface area (Å²) in [7, 11) is 0. The highest BCUT2D eigenvalue weighted by Gasteiger charge is 2.38. The van der Waals surface area contributed by atoms with Gasteiger partial charge in [-0.15, -0.1) is 0 Å². The Hall–Kier alpha value is -1.90. The molecular formula is C26H36N2. The second-order valence-corrected chi connectivity index (χ2v) is 8.79. The number of hydrogen-bond donors (Lipinski definition) is 1. The quantitative estimate of drug-likeness (QED) is 0.598. The van der Waals surface area contributed by atoms with Gasteiger partial charge in [0.05, 0.1) is 0 Å². The van der Waals surface area contributed by atoms with Gasteiger partial charge in [-0.3, -0.25) is 4.90 Å². The summed E-state index contributed by atoms with van der Waals surface area (Å²) in [6.45, 7) is 14.3. The predicted molar refractivity (Wildman–Crippen MR) is 120 cm³/mol. The Kier molecular flexibility index (Phi) is 7.47. The van der Waals surface area contributed by atoms with E-state index in [4.69, 9.17) is 0 Å². The molecule has 0 amide bonds. The zero-order valence-electron chi connectivity index (χ0n) is 17.8. The van der Waals surface area contributed by atoms with Crippen molar-refractivity contribution >= 4 is 0 Å². The van der Waals surface area contributed by atoms with E-state index in [0.29, 0.717) is 23.9 Å². The molecule has 0 aliphatic carbocycles. The maximum Gasteiger partial charge on any atom is 0.0292 e. The van der Waals surface area contributed by atoms with E-state index in [2.05, 4.69) is 98.2 Å². The van der Waals surface area contributed by atoms with E-state index in [0.717, 1.165) is 19.6 Å². The molecule has 2 heteroatoms. The van der Waals surface area contributed by atoms with Crippen LogP contribution < -0.4 is 5.32 Å². The number of nitrogens with zero attached hydrogens (tertiary/aromatic N) is 1. The van der Waals surface area contributed by atoms with E-state index in [1.807, 2.05) is 0 Å². The average molecular weight is 377 g/mol. The first-order chi connectivity index (χ1) is 13.5. The Bertz CT molecular complexity index is 723. The molecule has 0 bridgehead atoms. The Morgan fingerprint density at radius 2 is 1.64 bits per heavy atom. The average Bonchev–Trinajstić information content (AvgIpc) is 2.69. The normalized spacial score (nSPS) is 23.1. The van der Waals surface area contributed by atoms with Crippen LogP contribution in [0.3, 0.4) is 0 Å². The largest absolute Gasteiger partial charge is 0.308 e. The molecule has 0 radical (unpaired) electrons. The van der Waals surface area contributed by atoms with E-state index in [1.54, 1.807) is 0 Å². The minimum atomic E-state index is 0.442. The van der Waals surface area contributed by atoms with Crippen LogP contribution in [0.2, 0.25) is 0 Å². The molecule has 3 rings (SSSR count). The van der Waals surface area contributed by atoms with E-state index < -0.39 is 0 Å². The van der Waals surface area contributed by atoms with Gasteiger partial charge in [0.2, 0.25) is 0 Å². The summed E-state index contributed by atoms with van der Waals surface area (Å²) in [5.41, 5.74) is 4.08. The number of benzene rings is 2. The Morgan fingerprint density at radius 1 is 1.04 bits per heavy atom. The lowest BCUT2D eigenvalue weighted by molar-refractivity contribution is 0.0618. The van der Waals surface area contributed by atoms with Crippen LogP contribution in [-0.2, 0) is 13.1 Å². The van der Waals surface area contributed by atoms with Crippen molar-refractivity contribution in [1.82, 2.24) is 10.2 Å². The molecule has 0 spiro atoms. The van der Waals surface area contributed by atoms with Crippen molar-refractivity contribution in [3.63, 3.8) is 0 Å². The van der Waals surface area contributed by atoms with Crippen molar-refractivity contribution in [2.75, 3.05) is 6.54 Å². The van der Waals surface area contributed by atoms with Gasteiger partial charge in [-0.25, -0.2) is 0 Å². The van der Waals surface area contributed by atoms with Crippen LogP contribution in [0.15, 0.2) is 72.8 Å². The molecule has 1 saturated heterocycles. The molecule has 1 heterocycles. The lowest BCUT2D eigenvalue weighted by Gasteiger charge is -2.47. The molecule has 0 saturated carbocycles. The Balaban J connectivity index is 1.81. The van der Waals surface area contributed by atoms with Crippen LogP contribution in [0.5, 0.6) is 0 Å². The number of piperidine rings is 1. The summed E-state index contributed by atoms with van der Waals surface area (Å²) in [5, 5.41) is 3.94. The highest BCUT2D eigenvalue weighted by Crippen LogP contribution is 2.32.